The van der Waals surface area contributed by atoms with Gasteiger partial charge in [0.2, 0.25) is 5.96 Å². The van der Waals surface area contributed by atoms with E-state index in [1.54, 1.807) is 30.3 Å². The van der Waals surface area contributed by atoms with Crippen LogP contribution in [0, 0.1) is 6.92 Å². The number of carbonyl (C=O) groups is 1. The Hall–Kier alpha value is -3.35. The minimum Gasteiger partial charge on any atom is -0.490 e. The monoisotopic (exact) mass is 340 g/mol. The standard InChI is InChI=1S/C18H20N4O3/c1-3-24-16-10-13(11-21-22-18(19)20)6-9-15(16)25-17(23)14-7-4-12(2)5-8-14/h4-11H,3H2,1-2H3,(H4,19,20,22)/b21-11+. The average molecular weight is 340 g/mol. The van der Waals surface area contributed by atoms with Gasteiger partial charge in [-0.2, -0.15) is 5.10 Å². The van der Waals surface area contributed by atoms with Crippen molar-refractivity contribution in [3.05, 3.63) is 59.2 Å². The highest BCUT2D eigenvalue weighted by molar-refractivity contribution is 5.91. The highest BCUT2D eigenvalue weighted by Gasteiger charge is 2.13. The first kappa shape index (κ1) is 18.0. The first-order valence-electron chi connectivity index (χ1n) is 7.67. The zero-order valence-corrected chi connectivity index (χ0v) is 14.1. The van der Waals surface area contributed by atoms with Crippen molar-refractivity contribution in [1.82, 2.24) is 0 Å². The number of guanidine groups is 1. The van der Waals surface area contributed by atoms with Crippen molar-refractivity contribution in [1.29, 1.82) is 0 Å². The van der Waals surface area contributed by atoms with Crippen LogP contribution in [0.2, 0.25) is 0 Å². The normalized spacial score (nSPS) is 10.5. The van der Waals surface area contributed by atoms with E-state index in [0.717, 1.165) is 5.56 Å². The van der Waals surface area contributed by atoms with Crippen molar-refractivity contribution in [2.45, 2.75) is 13.8 Å². The molecule has 0 unspecified atom stereocenters. The molecule has 0 fully saturated rings. The smallest absolute Gasteiger partial charge is 0.343 e. The summed E-state index contributed by atoms with van der Waals surface area (Å²) in [6, 6.07) is 12.2. The second kappa shape index (κ2) is 8.49. The molecule has 0 saturated heterocycles. The molecule has 7 heteroatoms. The Morgan fingerprint density at radius 2 is 1.84 bits per heavy atom. The third-order valence-corrected chi connectivity index (χ3v) is 3.14. The van der Waals surface area contributed by atoms with Crippen LogP contribution in [0.5, 0.6) is 11.5 Å². The SMILES string of the molecule is CCOc1cc(/C=N/N=C(N)N)ccc1OC(=O)c1ccc(C)cc1. The molecule has 0 heterocycles. The Bertz CT molecular complexity index is 794. The zero-order valence-electron chi connectivity index (χ0n) is 14.1. The van der Waals surface area contributed by atoms with E-state index < -0.39 is 5.97 Å². The number of carbonyl (C=O) groups excluding carboxylic acids is 1. The van der Waals surface area contributed by atoms with Crippen LogP contribution in [0.15, 0.2) is 52.7 Å². The molecule has 0 aliphatic rings. The van der Waals surface area contributed by atoms with E-state index in [-0.39, 0.29) is 5.96 Å². The Balaban J connectivity index is 2.21. The summed E-state index contributed by atoms with van der Waals surface area (Å²) in [5, 5.41) is 7.27. The third-order valence-electron chi connectivity index (χ3n) is 3.14. The van der Waals surface area contributed by atoms with Gasteiger partial charge in [-0.15, -0.1) is 5.10 Å². The number of ether oxygens (including phenoxy) is 2. The minimum atomic E-state index is -0.456. The van der Waals surface area contributed by atoms with Gasteiger partial charge in [0.25, 0.3) is 0 Å². The number of nitrogens with two attached hydrogens (primary N) is 2. The Morgan fingerprint density at radius 1 is 1.12 bits per heavy atom. The number of aryl methyl sites for hydroxylation is 1. The molecule has 0 saturated carbocycles. The van der Waals surface area contributed by atoms with Crippen molar-refractivity contribution in [2.24, 2.45) is 21.7 Å². The second-order valence-electron chi connectivity index (χ2n) is 5.16. The van der Waals surface area contributed by atoms with Crippen molar-refractivity contribution in [3.8, 4) is 11.5 Å². The predicted octanol–water partition coefficient (Wildman–Crippen LogP) is 2.22. The van der Waals surface area contributed by atoms with Gasteiger partial charge in [0.05, 0.1) is 18.4 Å². The summed E-state index contributed by atoms with van der Waals surface area (Å²) in [7, 11) is 0. The van der Waals surface area contributed by atoms with E-state index in [0.29, 0.717) is 29.2 Å². The molecule has 0 bridgehead atoms. The van der Waals surface area contributed by atoms with Gasteiger partial charge >= 0.3 is 5.97 Å². The van der Waals surface area contributed by atoms with Crippen LogP contribution in [0.3, 0.4) is 0 Å². The molecular weight excluding hydrogens is 320 g/mol. The highest BCUT2D eigenvalue weighted by Crippen LogP contribution is 2.29. The molecule has 0 aliphatic carbocycles. The maximum Gasteiger partial charge on any atom is 0.343 e. The van der Waals surface area contributed by atoms with Crippen LogP contribution < -0.4 is 20.9 Å². The number of hydrogen-bond donors (Lipinski definition) is 2. The average Bonchev–Trinajstić information content (AvgIpc) is 2.57. The largest absolute Gasteiger partial charge is 0.490 e. The molecule has 4 N–H and O–H groups in total. The first-order valence-corrected chi connectivity index (χ1v) is 7.67. The van der Waals surface area contributed by atoms with Gasteiger partial charge in [-0.1, -0.05) is 17.7 Å². The van der Waals surface area contributed by atoms with Crippen LogP contribution in [0.1, 0.15) is 28.4 Å². The summed E-state index contributed by atoms with van der Waals surface area (Å²) < 4.78 is 11.0. The summed E-state index contributed by atoms with van der Waals surface area (Å²) in [5.41, 5.74) is 12.6. The Labute approximate surface area is 146 Å². The lowest BCUT2D eigenvalue weighted by Crippen LogP contribution is -2.21. The van der Waals surface area contributed by atoms with E-state index in [1.807, 2.05) is 26.0 Å². The van der Waals surface area contributed by atoms with E-state index in [9.17, 15) is 4.79 Å². The number of hydrogen-bond acceptors (Lipinski definition) is 5. The van der Waals surface area contributed by atoms with Gasteiger partial charge < -0.3 is 20.9 Å². The molecule has 2 rings (SSSR count). The minimum absolute atomic E-state index is 0.134. The fourth-order valence-corrected chi connectivity index (χ4v) is 1.97. The lowest BCUT2D eigenvalue weighted by Gasteiger charge is -2.11. The maximum atomic E-state index is 12.3. The number of benzene rings is 2. The number of rotatable bonds is 6. The molecule has 0 aliphatic heterocycles. The van der Waals surface area contributed by atoms with E-state index in [2.05, 4.69) is 10.2 Å². The quantitative estimate of drug-likeness (QED) is 0.275. The van der Waals surface area contributed by atoms with E-state index in [1.165, 1.54) is 6.21 Å². The fourth-order valence-electron chi connectivity index (χ4n) is 1.97. The summed E-state index contributed by atoms with van der Waals surface area (Å²) >= 11 is 0. The molecule has 2 aromatic rings. The van der Waals surface area contributed by atoms with Crippen LogP contribution in [0.4, 0.5) is 0 Å². The van der Waals surface area contributed by atoms with Gasteiger partial charge in [0.15, 0.2) is 11.5 Å². The van der Waals surface area contributed by atoms with Crippen molar-refractivity contribution in [2.75, 3.05) is 6.61 Å². The van der Waals surface area contributed by atoms with Crippen LogP contribution in [-0.2, 0) is 0 Å². The maximum absolute atomic E-state index is 12.3. The topological polar surface area (TPSA) is 112 Å². The zero-order chi connectivity index (χ0) is 18.2. The summed E-state index contributed by atoms with van der Waals surface area (Å²) in [6.45, 7) is 4.21. The molecule has 0 spiro atoms. The van der Waals surface area contributed by atoms with Gasteiger partial charge in [-0.25, -0.2) is 4.79 Å². The highest BCUT2D eigenvalue weighted by atomic mass is 16.6. The molecular formula is C18H20N4O3. The summed E-state index contributed by atoms with van der Waals surface area (Å²) in [4.78, 5) is 12.3. The molecule has 130 valence electrons. The molecule has 0 atom stereocenters. The molecule has 25 heavy (non-hydrogen) atoms. The lowest BCUT2D eigenvalue weighted by atomic mass is 10.1. The lowest BCUT2D eigenvalue weighted by molar-refractivity contribution is 0.0728. The summed E-state index contributed by atoms with van der Waals surface area (Å²) in [6.07, 6.45) is 1.47. The third kappa shape index (κ3) is 5.35. The Kier molecular flexibility index (Phi) is 6.11. The molecule has 0 radical (unpaired) electrons. The molecule has 0 aromatic heterocycles. The van der Waals surface area contributed by atoms with Crippen molar-refractivity contribution < 1.29 is 14.3 Å². The summed E-state index contributed by atoms with van der Waals surface area (Å²) in [5.74, 6) is 0.163. The van der Waals surface area contributed by atoms with Gasteiger partial charge in [-0.3, -0.25) is 0 Å². The van der Waals surface area contributed by atoms with Gasteiger partial charge in [-0.05, 0) is 49.7 Å². The second-order valence-corrected chi connectivity index (χ2v) is 5.16. The molecule has 2 aromatic carbocycles. The van der Waals surface area contributed by atoms with Crippen LogP contribution in [0.25, 0.3) is 0 Å². The first-order chi connectivity index (χ1) is 12.0. The van der Waals surface area contributed by atoms with Gasteiger partial charge in [0.1, 0.15) is 0 Å². The predicted molar refractivity (Wildman–Crippen MR) is 97.2 cm³/mol. The van der Waals surface area contributed by atoms with Gasteiger partial charge in [0, 0.05) is 0 Å². The van der Waals surface area contributed by atoms with E-state index in [4.69, 9.17) is 20.9 Å². The van der Waals surface area contributed by atoms with Crippen LogP contribution >= 0.6 is 0 Å². The van der Waals surface area contributed by atoms with E-state index >= 15 is 0 Å². The van der Waals surface area contributed by atoms with Crippen molar-refractivity contribution >= 4 is 18.1 Å². The Morgan fingerprint density at radius 3 is 2.48 bits per heavy atom. The fraction of sp³-hybridized carbons (Fsp3) is 0.167. The molecule has 7 nitrogen and oxygen atoms in total. The van der Waals surface area contributed by atoms with Crippen LogP contribution in [-0.4, -0.2) is 24.8 Å². The number of nitrogens with zero attached hydrogens (tertiary/aromatic N) is 2. The number of esters is 1. The van der Waals surface area contributed by atoms with Crippen molar-refractivity contribution in [3.63, 3.8) is 0 Å². The molecule has 0 amide bonds.